The van der Waals surface area contributed by atoms with E-state index in [4.69, 9.17) is 0 Å². The van der Waals surface area contributed by atoms with Crippen LogP contribution in [0.4, 0.5) is 0 Å². The van der Waals surface area contributed by atoms with Crippen molar-refractivity contribution in [2.75, 3.05) is 0 Å². The van der Waals surface area contributed by atoms with Gasteiger partial charge in [0.15, 0.2) is 15.9 Å². The predicted molar refractivity (Wildman–Crippen MR) is 68.6 cm³/mol. The lowest BCUT2D eigenvalue weighted by molar-refractivity contribution is -0.117. The van der Waals surface area contributed by atoms with Gasteiger partial charge in [-0.2, -0.15) is 0 Å². The summed E-state index contributed by atoms with van der Waals surface area (Å²) in [5, 5.41) is 0. The van der Waals surface area contributed by atoms with E-state index >= 15 is 0 Å². The first-order chi connectivity index (χ1) is 8.41. The van der Waals surface area contributed by atoms with Gasteiger partial charge in [0.2, 0.25) is 0 Å². The van der Waals surface area contributed by atoms with E-state index in [2.05, 4.69) is 25.9 Å². The van der Waals surface area contributed by atoms with Crippen molar-refractivity contribution in [2.24, 2.45) is 7.05 Å². The number of nitrogens with one attached hydrogen (secondary N) is 1. The zero-order chi connectivity index (χ0) is 13.4. The maximum absolute atomic E-state index is 11.8. The second-order valence-corrected chi connectivity index (χ2v) is 4.68. The van der Waals surface area contributed by atoms with E-state index in [1.165, 1.54) is 18.5 Å². The Labute approximate surface area is 110 Å². The Hall–Kier alpha value is -1.70. The highest BCUT2D eigenvalue weighted by Gasteiger charge is 2.15. The van der Waals surface area contributed by atoms with Gasteiger partial charge in [-0.3, -0.25) is 19.1 Å². The van der Waals surface area contributed by atoms with Crippen molar-refractivity contribution < 1.29 is 4.79 Å². The summed E-state index contributed by atoms with van der Waals surface area (Å²) in [7, 11) is 1.52. The molecule has 0 aliphatic heterocycles. The number of rotatable bonds is 3. The molecule has 0 bridgehead atoms. The molecule has 0 aliphatic rings. The number of Topliss-reactive ketones (excluding diaryl/α,β-unsaturated/α-hetero) is 1. The fraction of sp³-hybridized carbons (Fsp3) is 0.400. The van der Waals surface area contributed by atoms with Crippen LogP contribution in [-0.4, -0.2) is 24.9 Å². The van der Waals surface area contributed by atoms with Gasteiger partial charge in [0.25, 0.3) is 5.56 Å². The number of nitrogens with zero attached hydrogens (tertiary/aromatic N) is 3. The van der Waals surface area contributed by atoms with E-state index in [9.17, 15) is 14.4 Å². The molecule has 2 aromatic rings. The molecule has 0 aliphatic carbocycles. The first-order valence-electron chi connectivity index (χ1n) is 5.26. The van der Waals surface area contributed by atoms with Crippen LogP contribution in [0.15, 0.2) is 14.3 Å². The Balaban J connectivity index is 2.71. The summed E-state index contributed by atoms with van der Waals surface area (Å²) < 4.78 is 3.26. The van der Waals surface area contributed by atoms with Crippen LogP contribution in [0.3, 0.4) is 0 Å². The van der Waals surface area contributed by atoms with Crippen LogP contribution in [0.2, 0.25) is 0 Å². The van der Waals surface area contributed by atoms with Crippen LogP contribution >= 0.6 is 15.9 Å². The van der Waals surface area contributed by atoms with Gasteiger partial charge in [0.1, 0.15) is 5.78 Å². The van der Waals surface area contributed by atoms with Crippen molar-refractivity contribution in [1.82, 2.24) is 19.1 Å². The van der Waals surface area contributed by atoms with E-state index in [0.717, 1.165) is 0 Å². The van der Waals surface area contributed by atoms with Crippen molar-refractivity contribution in [3.63, 3.8) is 0 Å². The topological polar surface area (TPSA) is 89.8 Å². The molecule has 0 unspecified atom stereocenters. The third kappa shape index (κ3) is 2.03. The van der Waals surface area contributed by atoms with Gasteiger partial charge in [0.05, 0.1) is 0 Å². The number of aryl methyl sites for hydroxylation is 2. The minimum atomic E-state index is -0.517. The lowest BCUT2D eigenvalue weighted by atomic mass is 10.3. The molecule has 0 fully saturated rings. The number of imidazole rings is 1. The largest absolute Gasteiger partial charge is 0.329 e. The number of aromatic amines is 1. The molecule has 96 valence electrons. The standard InChI is InChI=1S/C10H11BrN4O3/c1-5(16)3-4-15-6-7(12-9(15)11)14(2)10(18)13-8(6)17/h3-4H2,1-2H3,(H,13,17,18). The summed E-state index contributed by atoms with van der Waals surface area (Å²) in [4.78, 5) is 40.6. The minimum Gasteiger partial charge on any atom is -0.312 e. The average molecular weight is 315 g/mol. The number of carbonyl (C=O) groups is 1. The zero-order valence-electron chi connectivity index (χ0n) is 9.86. The van der Waals surface area contributed by atoms with Gasteiger partial charge >= 0.3 is 5.69 Å². The van der Waals surface area contributed by atoms with Crippen LogP contribution in [0.5, 0.6) is 0 Å². The predicted octanol–water partition coefficient (Wildman–Crippen LogP) is 0.165. The lowest BCUT2D eigenvalue weighted by Crippen LogP contribution is -2.29. The Morgan fingerprint density at radius 3 is 2.72 bits per heavy atom. The molecule has 0 aromatic carbocycles. The molecule has 0 saturated heterocycles. The molecule has 2 heterocycles. The van der Waals surface area contributed by atoms with Crippen molar-refractivity contribution >= 4 is 32.9 Å². The van der Waals surface area contributed by atoms with Gasteiger partial charge in [0, 0.05) is 20.0 Å². The van der Waals surface area contributed by atoms with Gasteiger partial charge in [-0.1, -0.05) is 0 Å². The summed E-state index contributed by atoms with van der Waals surface area (Å²) in [6.45, 7) is 1.82. The zero-order valence-corrected chi connectivity index (χ0v) is 11.4. The Kier molecular flexibility index (Phi) is 3.20. The Bertz CT molecular complexity index is 740. The number of hydrogen-bond acceptors (Lipinski definition) is 4. The number of ketones is 1. The van der Waals surface area contributed by atoms with Crippen LogP contribution in [-0.2, 0) is 18.4 Å². The number of aromatic nitrogens is 4. The number of H-pyrrole nitrogens is 1. The maximum Gasteiger partial charge on any atom is 0.329 e. The van der Waals surface area contributed by atoms with Crippen LogP contribution in [0, 0.1) is 0 Å². The molecule has 0 atom stereocenters. The summed E-state index contributed by atoms with van der Waals surface area (Å²) in [5.41, 5.74) is -0.449. The molecular formula is C10H11BrN4O3. The molecule has 0 radical (unpaired) electrons. The van der Waals surface area contributed by atoms with Gasteiger partial charge in [-0.05, 0) is 22.9 Å². The lowest BCUT2D eigenvalue weighted by Gasteiger charge is -2.03. The fourth-order valence-corrected chi connectivity index (χ4v) is 2.20. The quantitative estimate of drug-likeness (QED) is 0.817. The Morgan fingerprint density at radius 2 is 2.11 bits per heavy atom. The monoisotopic (exact) mass is 314 g/mol. The van der Waals surface area contributed by atoms with Crippen molar-refractivity contribution in [3.8, 4) is 0 Å². The molecule has 2 aromatic heterocycles. The fourth-order valence-electron chi connectivity index (χ4n) is 1.68. The second kappa shape index (κ2) is 4.52. The van der Waals surface area contributed by atoms with Crippen molar-refractivity contribution in [1.29, 1.82) is 0 Å². The summed E-state index contributed by atoms with van der Waals surface area (Å²) >= 11 is 3.23. The number of halogens is 1. The van der Waals surface area contributed by atoms with Gasteiger partial charge in [-0.25, -0.2) is 9.78 Å². The summed E-state index contributed by atoms with van der Waals surface area (Å²) in [5.74, 6) is 0.0185. The van der Waals surface area contributed by atoms with E-state index in [-0.39, 0.29) is 11.3 Å². The maximum atomic E-state index is 11.8. The molecule has 8 heteroatoms. The van der Waals surface area contributed by atoms with Crippen molar-refractivity contribution in [2.45, 2.75) is 19.9 Å². The minimum absolute atomic E-state index is 0.0185. The molecular weight excluding hydrogens is 304 g/mol. The number of hydrogen-bond donors (Lipinski definition) is 1. The van der Waals surface area contributed by atoms with Crippen LogP contribution in [0.25, 0.3) is 11.2 Å². The smallest absolute Gasteiger partial charge is 0.312 e. The third-order valence-corrected chi connectivity index (χ3v) is 3.25. The number of fused-ring (bicyclic) bond motifs is 1. The SMILES string of the molecule is CC(=O)CCn1c(Br)nc2c1c(=O)[nH]c(=O)n2C. The van der Waals surface area contributed by atoms with Gasteiger partial charge < -0.3 is 4.57 Å². The highest BCUT2D eigenvalue weighted by atomic mass is 79.9. The average Bonchev–Trinajstić information content (AvgIpc) is 2.61. The molecule has 2 rings (SSSR count). The second-order valence-electron chi connectivity index (χ2n) is 3.97. The van der Waals surface area contributed by atoms with E-state index in [1.54, 1.807) is 4.57 Å². The molecule has 0 spiro atoms. The molecule has 0 saturated carbocycles. The van der Waals surface area contributed by atoms with E-state index < -0.39 is 11.2 Å². The van der Waals surface area contributed by atoms with Gasteiger partial charge in [-0.15, -0.1) is 0 Å². The molecule has 7 nitrogen and oxygen atoms in total. The first kappa shape index (κ1) is 12.7. The molecule has 1 N–H and O–H groups in total. The van der Waals surface area contributed by atoms with E-state index in [1.807, 2.05) is 0 Å². The highest BCUT2D eigenvalue weighted by molar-refractivity contribution is 9.10. The third-order valence-electron chi connectivity index (χ3n) is 2.65. The summed E-state index contributed by atoms with van der Waals surface area (Å²) in [6.07, 6.45) is 0.298. The first-order valence-corrected chi connectivity index (χ1v) is 6.05. The number of carbonyl (C=O) groups excluding carboxylic acids is 1. The highest BCUT2D eigenvalue weighted by Crippen LogP contribution is 2.16. The van der Waals surface area contributed by atoms with Crippen LogP contribution < -0.4 is 11.2 Å². The van der Waals surface area contributed by atoms with Crippen molar-refractivity contribution in [3.05, 3.63) is 25.6 Å². The van der Waals surface area contributed by atoms with E-state index in [0.29, 0.717) is 23.3 Å². The molecule has 18 heavy (non-hydrogen) atoms. The molecule has 0 amide bonds. The summed E-state index contributed by atoms with van der Waals surface area (Å²) in [6, 6.07) is 0. The Morgan fingerprint density at radius 1 is 1.44 bits per heavy atom. The van der Waals surface area contributed by atoms with Crippen LogP contribution in [0.1, 0.15) is 13.3 Å². The normalized spacial score (nSPS) is 11.1.